The molecule has 0 radical (unpaired) electrons. The van der Waals surface area contributed by atoms with Gasteiger partial charge in [0.25, 0.3) is 5.91 Å². The van der Waals surface area contributed by atoms with Crippen LogP contribution in [0.3, 0.4) is 0 Å². The van der Waals surface area contributed by atoms with Crippen molar-refractivity contribution in [3.8, 4) is 28.4 Å². The van der Waals surface area contributed by atoms with Gasteiger partial charge < -0.3 is 9.47 Å². The summed E-state index contributed by atoms with van der Waals surface area (Å²) in [6.07, 6.45) is 4.05. The summed E-state index contributed by atoms with van der Waals surface area (Å²) in [4.78, 5) is 15.2. The van der Waals surface area contributed by atoms with E-state index < -0.39 is 15.9 Å². The van der Waals surface area contributed by atoms with Gasteiger partial charge in [-0.2, -0.15) is 5.10 Å². The number of sulfone groups is 1. The molecule has 2 fully saturated rings. The Kier molecular flexibility index (Phi) is 5.85. The van der Waals surface area contributed by atoms with E-state index in [1.807, 2.05) is 54.7 Å². The van der Waals surface area contributed by atoms with Crippen molar-refractivity contribution in [2.45, 2.75) is 12.5 Å². The van der Waals surface area contributed by atoms with Gasteiger partial charge in [0.1, 0.15) is 23.2 Å². The van der Waals surface area contributed by atoms with Crippen LogP contribution >= 0.6 is 24.0 Å². The minimum absolute atomic E-state index is 0.0545. The van der Waals surface area contributed by atoms with Crippen molar-refractivity contribution in [1.82, 2.24) is 14.7 Å². The fourth-order valence-corrected chi connectivity index (χ4v) is 7.63. The molecule has 184 valence electrons. The number of benzene rings is 2. The first-order valence-corrected chi connectivity index (χ1v) is 14.5. The smallest absolute Gasteiger partial charge is 0.266 e. The second-order valence-electron chi connectivity index (χ2n) is 8.68. The molecule has 3 aliphatic heterocycles. The number of hydrogen-bond acceptors (Lipinski definition) is 8. The average molecular weight is 540 g/mol. The molecule has 0 aliphatic carbocycles. The average Bonchev–Trinajstić information content (AvgIpc) is 3.54. The van der Waals surface area contributed by atoms with Gasteiger partial charge in [0.15, 0.2) is 21.3 Å². The summed E-state index contributed by atoms with van der Waals surface area (Å²) in [6, 6.07) is 14.9. The lowest BCUT2D eigenvalue weighted by molar-refractivity contribution is -0.123. The van der Waals surface area contributed by atoms with E-state index in [2.05, 4.69) is 0 Å². The molecule has 6 rings (SSSR count). The molecule has 0 N–H and O–H groups in total. The fraction of sp³-hybridized carbons (Fsp3) is 0.240. The first-order chi connectivity index (χ1) is 17.4. The van der Waals surface area contributed by atoms with E-state index in [0.717, 1.165) is 16.8 Å². The number of thiocarbonyl (C=S) groups is 1. The van der Waals surface area contributed by atoms with Gasteiger partial charge in [-0.05, 0) is 42.8 Å². The maximum atomic E-state index is 13.3. The monoisotopic (exact) mass is 539 g/mol. The molecule has 0 bridgehead atoms. The number of fused-ring (bicyclic) bond motifs is 1. The quantitative estimate of drug-likeness (QED) is 0.366. The van der Waals surface area contributed by atoms with Gasteiger partial charge >= 0.3 is 0 Å². The molecule has 3 aliphatic rings. The molecule has 1 amide bonds. The first-order valence-electron chi connectivity index (χ1n) is 11.4. The van der Waals surface area contributed by atoms with E-state index in [1.54, 1.807) is 10.8 Å². The number of nitrogens with zero attached hydrogens (tertiary/aromatic N) is 3. The molecule has 2 aromatic carbocycles. The lowest BCUT2D eigenvalue weighted by Crippen LogP contribution is -2.39. The molecule has 0 saturated carbocycles. The number of aromatic nitrogens is 2. The van der Waals surface area contributed by atoms with Crippen LogP contribution in [0, 0.1) is 0 Å². The van der Waals surface area contributed by atoms with Crippen molar-refractivity contribution < 1.29 is 22.7 Å². The van der Waals surface area contributed by atoms with Crippen molar-refractivity contribution in [3.63, 3.8) is 0 Å². The van der Waals surface area contributed by atoms with E-state index in [1.165, 1.54) is 16.7 Å². The number of carbonyl (C=O) groups is 1. The lowest BCUT2D eigenvalue weighted by Gasteiger charge is -2.20. The second kappa shape index (κ2) is 9.06. The number of amides is 1. The highest BCUT2D eigenvalue weighted by Crippen LogP contribution is 2.39. The SMILES string of the molecule is O=C1/C(=C/c2cn(-c3ccccc3)nc2-c2ccc3c(c2)OCCO3)SC(=S)N1[C@H]1CCS(=O)(=O)C1. The zero-order chi connectivity index (χ0) is 24.9. The van der Waals surface area contributed by atoms with Gasteiger partial charge in [-0.1, -0.05) is 42.2 Å². The van der Waals surface area contributed by atoms with Crippen LogP contribution in [0.5, 0.6) is 11.5 Å². The number of hydrogen-bond donors (Lipinski definition) is 0. The third kappa shape index (κ3) is 4.31. The minimum Gasteiger partial charge on any atom is -0.486 e. The molecular formula is C25H21N3O5S3. The molecule has 3 aromatic rings. The Morgan fingerprint density at radius 2 is 1.86 bits per heavy atom. The Morgan fingerprint density at radius 3 is 2.61 bits per heavy atom. The summed E-state index contributed by atoms with van der Waals surface area (Å²) in [5.41, 5.74) is 3.09. The Balaban J connectivity index is 1.40. The second-order valence-corrected chi connectivity index (χ2v) is 12.6. The molecule has 0 unspecified atom stereocenters. The summed E-state index contributed by atoms with van der Waals surface area (Å²) >= 11 is 6.67. The Labute approximate surface area is 217 Å². The van der Waals surface area contributed by atoms with Crippen LogP contribution in [0.4, 0.5) is 0 Å². The molecule has 4 heterocycles. The predicted molar refractivity (Wildman–Crippen MR) is 142 cm³/mol. The van der Waals surface area contributed by atoms with Crippen molar-refractivity contribution >= 4 is 50.1 Å². The number of para-hydroxylation sites is 1. The highest BCUT2D eigenvalue weighted by Gasteiger charge is 2.42. The molecule has 1 atom stereocenters. The molecule has 11 heteroatoms. The zero-order valence-corrected chi connectivity index (χ0v) is 21.4. The highest BCUT2D eigenvalue weighted by atomic mass is 32.2. The number of carbonyl (C=O) groups excluding carboxylic acids is 1. The fourth-order valence-electron chi connectivity index (χ4n) is 4.54. The maximum absolute atomic E-state index is 13.3. The molecule has 8 nitrogen and oxygen atoms in total. The van der Waals surface area contributed by atoms with Crippen LogP contribution in [0.1, 0.15) is 12.0 Å². The van der Waals surface area contributed by atoms with Gasteiger partial charge in [0, 0.05) is 17.3 Å². The van der Waals surface area contributed by atoms with Crippen LogP contribution in [0.25, 0.3) is 23.0 Å². The van der Waals surface area contributed by atoms with Crippen LogP contribution in [0.15, 0.2) is 59.6 Å². The molecule has 2 saturated heterocycles. The third-order valence-electron chi connectivity index (χ3n) is 6.26. The molecular weight excluding hydrogens is 518 g/mol. The molecule has 0 spiro atoms. The van der Waals surface area contributed by atoms with E-state index in [4.69, 9.17) is 26.8 Å². The van der Waals surface area contributed by atoms with Crippen molar-refractivity contribution in [2.75, 3.05) is 24.7 Å². The molecule has 36 heavy (non-hydrogen) atoms. The molecule has 1 aromatic heterocycles. The van der Waals surface area contributed by atoms with Crippen LogP contribution in [-0.2, 0) is 14.6 Å². The highest BCUT2D eigenvalue weighted by molar-refractivity contribution is 8.26. The summed E-state index contributed by atoms with van der Waals surface area (Å²) < 4.78 is 37.5. The predicted octanol–water partition coefficient (Wildman–Crippen LogP) is 3.70. The van der Waals surface area contributed by atoms with Crippen LogP contribution < -0.4 is 9.47 Å². The van der Waals surface area contributed by atoms with E-state index in [-0.39, 0.29) is 17.4 Å². The Morgan fingerprint density at radius 1 is 1.08 bits per heavy atom. The maximum Gasteiger partial charge on any atom is 0.266 e. The van der Waals surface area contributed by atoms with Crippen molar-refractivity contribution in [3.05, 3.63) is 65.2 Å². The van der Waals surface area contributed by atoms with E-state index >= 15 is 0 Å². The van der Waals surface area contributed by atoms with Crippen molar-refractivity contribution in [2.24, 2.45) is 0 Å². The van der Waals surface area contributed by atoms with E-state index in [0.29, 0.717) is 46.1 Å². The van der Waals surface area contributed by atoms with Gasteiger partial charge in [0.2, 0.25) is 0 Å². The van der Waals surface area contributed by atoms with Gasteiger partial charge in [0.05, 0.1) is 28.1 Å². The zero-order valence-electron chi connectivity index (χ0n) is 19.0. The normalized spacial score (nSPS) is 21.9. The van der Waals surface area contributed by atoms with Crippen molar-refractivity contribution in [1.29, 1.82) is 0 Å². The number of rotatable bonds is 4. The summed E-state index contributed by atoms with van der Waals surface area (Å²) in [5, 5.41) is 4.83. The lowest BCUT2D eigenvalue weighted by atomic mass is 10.1. The number of thioether (sulfide) groups is 1. The largest absolute Gasteiger partial charge is 0.486 e. The standard InChI is InChI=1S/C25H21N3O5S3/c29-24-22(35-25(34)28(24)19-8-11-36(30,31)15-19)13-17-14-27(18-4-2-1-3-5-18)26-23(17)16-6-7-20-21(12-16)33-10-9-32-20/h1-7,12-14,19H,8-11,15H2/b22-13-/t19-/m0/s1. The summed E-state index contributed by atoms with van der Waals surface area (Å²) in [5.74, 6) is 1.08. The van der Waals surface area contributed by atoms with Crippen LogP contribution in [-0.4, -0.2) is 64.1 Å². The van der Waals surface area contributed by atoms with E-state index in [9.17, 15) is 13.2 Å². The first kappa shape index (κ1) is 23.3. The van der Waals surface area contributed by atoms with Gasteiger partial charge in [-0.15, -0.1) is 0 Å². The Bertz CT molecular complexity index is 1510. The topological polar surface area (TPSA) is 90.7 Å². The van der Waals surface area contributed by atoms with Gasteiger partial charge in [-0.3, -0.25) is 9.69 Å². The summed E-state index contributed by atoms with van der Waals surface area (Å²) in [7, 11) is -3.15. The summed E-state index contributed by atoms with van der Waals surface area (Å²) in [6.45, 7) is 0.978. The number of ether oxygens (including phenoxy) is 2. The Hall–Kier alpha value is -3.15. The van der Waals surface area contributed by atoms with Gasteiger partial charge in [-0.25, -0.2) is 13.1 Å². The van der Waals surface area contributed by atoms with Crippen LogP contribution in [0.2, 0.25) is 0 Å². The minimum atomic E-state index is -3.15. The third-order valence-corrected chi connectivity index (χ3v) is 9.34.